The van der Waals surface area contributed by atoms with Crippen LogP contribution in [0.25, 0.3) is 0 Å². The van der Waals surface area contributed by atoms with Crippen LogP contribution in [0, 0.1) is 17.8 Å². The van der Waals surface area contributed by atoms with Crippen molar-refractivity contribution in [2.75, 3.05) is 0 Å². The maximum atomic E-state index is 12.3. The third-order valence-corrected chi connectivity index (χ3v) is 5.13. The number of carbonyl (C=O) groups excluding carboxylic acids is 1. The summed E-state index contributed by atoms with van der Waals surface area (Å²) < 4.78 is 0. The van der Waals surface area contributed by atoms with Gasteiger partial charge < -0.3 is 10.4 Å². The minimum absolute atomic E-state index is 0.00111. The summed E-state index contributed by atoms with van der Waals surface area (Å²) >= 11 is 0. The second-order valence-electron chi connectivity index (χ2n) is 6.63. The molecule has 0 spiro atoms. The standard InChI is InChI=1S/C15H23NO3/c17-13(12-9-11(12)10-5-6-10)16-15(14(18)19)7-3-1-2-4-8-15/h10-12H,1-9H2,(H,16,17)(H,18,19). The molecule has 3 fully saturated rings. The zero-order valence-electron chi connectivity index (χ0n) is 11.4. The van der Waals surface area contributed by atoms with Crippen LogP contribution in [0.5, 0.6) is 0 Å². The summed E-state index contributed by atoms with van der Waals surface area (Å²) in [5.74, 6) is 0.571. The van der Waals surface area contributed by atoms with Gasteiger partial charge in [-0.3, -0.25) is 4.79 Å². The van der Waals surface area contributed by atoms with Gasteiger partial charge in [-0.15, -0.1) is 0 Å². The van der Waals surface area contributed by atoms with Crippen LogP contribution in [0.3, 0.4) is 0 Å². The zero-order chi connectivity index (χ0) is 13.5. The number of carboxylic acids is 1. The number of carboxylic acid groups (broad SMARTS) is 1. The third kappa shape index (κ3) is 2.63. The van der Waals surface area contributed by atoms with Crippen LogP contribution >= 0.6 is 0 Å². The largest absolute Gasteiger partial charge is 0.480 e. The van der Waals surface area contributed by atoms with Crippen LogP contribution in [0.2, 0.25) is 0 Å². The Hall–Kier alpha value is -1.06. The fourth-order valence-electron chi connectivity index (χ4n) is 3.61. The van der Waals surface area contributed by atoms with E-state index in [9.17, 15) is 14.7 Å². The van der Waals surface area contributed by atoms with E-state index in [1.54, 1.807) is 0 Å². The molecular formula is C15H23NO3. The van der Waals surface area contributed by atoms with Gasteiger partial charge in [0.1, 0.15) is 5.54 Å². The maximum absolute atomic E-state index is 12.3. The Labute approximate surface area is 113 Å². The van der Waals surface area contributed by atoms with Crippen molar-refractivity contribution < 1.29 is 14.7 Å². The van der Waals surface area contributed by atoms with E-state index in [0.29, 0.717) is 18.8 Å². The first-order valence-electron chi connectivity index (χ1n) is 7.68. The Kier molecular flexibility index (Phi) is 3.27. The second kappa shape index (κ2) is 4.80. The van der Waals surface area contributed by atoms with Crippen molar-refractivity contribution in [3.05, 3.63) is 0 Å². The van der Waals surface area contributed by atoms with Crippen molar-refractivity contribution >= 4 is 11.9 Å². The number of rotatable bonds is 4. The van der Waals surface area contributed by atoms with E-state index in [4.69, 9.17) is 0 Å². The summed E-state index contributed by atoms with van der Waals surface area (Å²) in [4.78, 5) is 23.9. The molecule has 0 aromatic rings. The molecule has 2 atom stereocenters. The van der Waals surface area contributed by atoms with Gasteiger partial charge in [-0.05, 0) is 43.9 Å². The van der Waals surface area contributed by atoms with Crippen LogP contribution in [0.4, 0.5) is 0 Å². The average Bonchev–Trinajstić information content (AvgIpc) is 3.21. The van der Waals surface area contributed by atoms with Crippen molar-refractivity contribution in [3.8, 4) is 0 Å². The smallest absolute Gasteiger partial charge is 0.329 e. The number of amides is 1. The average molecular weight is 265 g/mol. The lowest BCUT2D eigenvalue weighted by molar-refractivity contribution is -0.148. The van der Waals surface area contributed by atoms with Gasteiger partial charge in [0.15, 0.2) is 0 Å². The molecule has 3 aliphatic carbocycles. The summed E-state index contributed by atoms with van der Waals surface area (Å²) in [6.45, 7) is 0. The third-order valence-electron chi connectivity index (χ3n) is 5.13. The SMILES string of the molecule is O=C(NC1(C(=O)O)CCCCCC1)C1CC1C1CC1. The Morgan fingerprint density at radius 2 is 1.68 bits per heavy atom. The molecule has 0 aromatic heterocycles. The van der Waals surface area contributed by atoms with E-state index in [0.717, 1.165) is 38.0 Å². The molecule has 0 bridgehead atoms. The van der Waals surface area contributed by atoms with Crippen LogP contribution in [-0.4, -0.2) is 22.5 Å². The second-order valence-corrected chi connectivity index (χ2v) is 6.63. The van der Waals surface area contributed by atoms with Gasteiger partial charge in [-0.1, -0.05) is 25.7 Å². The molecule has 4 heteroatoms. The predicted molar refractivity (Wildman–Crippen MR) is 70.5 cm³/mol. The molecule has 0 aliphatic heterocycles. The Morgan fingerprint density at radius 3 is 2.21 bits per heavy atom. The molecule has 0 heterocycles. The van der Waals surface area contributed by atoms with Crippen molar-refractivity contribution in [3.63, 3.8) is 0 Å². The first-order chi connectivity index (χ1) is 9.12. The molecule has 3 rings (SSSR count). The Morgan fingerprint density at radius 1 is 1.05 bits per heavy atom. The lowest BCUT2D eigenvalue weighted by Gasteiger charge is -2.29. The van der Waals surface area contributed by atoms with E-state index < -0.39 is 11.5 Å². The Balaban J connectivity index is 1.63. The molecule has 2 unspecified atom stereocenters. The number of hydrogen-bond acceptors (Lipinski definition) is 2. The molecule has 3 aliphatic rings. The molecule has 106 valence electrons. The van der Waals surface area contributed by atoms with Crippen LogP contribution in [0.15, 0.2) is 0 Å². The Bertz CT molecular complexity index is 381. The van der Waals surface area contributed by atoms with E-state index >= 15 is 0 Å². The fraction of sp³-hybridized carbons (Fsp3) is 0.867. The highest BCUT2D eigenvalue weighted by Gasteiger charge is 2.53. The van der Waals surface area contributed by atoms with Gasteiger partial charge >= 0.3 is 5.97 Å². The predicted octanol–water partition coefficient (Wildman–Crippen LogP) is 2.33. The van der Waals surface area contributed by atoms with Crippen molar-refractivity contribution in [2.24, 2.45) is 17.8 Å². The van der Waals surface area contributed by atoms with Crippen molar-refractivity contribution in [1.29, 1.82) is 0 Å². The zero-order valence-corrected chi connectivity index (χ0v) is 11.4. The molecule has 19 heavy (non-hydrogen) atoms. The molecule has 0 aromatic carbocycles. The topological polar surface area (TPSA) is 66.4 Å². The van der Waals surface area contributed by atoms with Crippen LogP contribution in [-0.2, 0) is 9.59 Å². The number of aliphatic carboxylic acids is 1. The molecule has 2 N–H and O–H groups in total. The van der Waals surface area contributed by atoms with E-state index in [-0.39, 0.29) is 11.8 Å². The van der Waals surface area contributed by atoms with Crippen molar-refractivity contribution in [1.82, 2.24) is 5.32 Å². The normalized spacial score (nSPS) is 33.3. The maximum Gasteiger partial charge on any atom is 0.329 e. The van der Waals surface area contributed by atoms with Gasteiger partial charge in [-0.25, -0.2) is 4.79 Å². The van der Waals surface area contributed by atoms with Gasteiger partial charge in [0.05, 0.1) is 0 Å². The minimum Gasteiger partial charge on any atom is -0.480 e. The van der Waals surface area contributed by atoms with Crippen molar-refractivity contribution in [2.45, 2.75) is 63.3 Å². The van der Waals surface area contributed by atoms with E-state index in [2.05, 4.69) is 5.32 Å². The number of nitrogens with one attached hydrogen (secondary N) is 1. The molecular weight excluding hydrogens is 242 g/mol. The summed E-state index contributed by atoms with van der Waals surface area (Å²) in [5, 5.41) is 12.4. The summed E-state index contributed by atoms with van der Waals surface area (Å²) in [7, 11) is 0. The lowest BCUT2D eigenvalue weighted by atomic mass is 9.90. The fourth-order valence-corrected chi connectivity index (χ4v) is 3.61. The summed E-state index contributed by atoms with van der Waals surface area (Å²) in [6, 6.07) is 0. The van der Waals surface area contributed by atoms with E-state index in [1.165, 1.54) is 12.8 Å². The summed E-state index contributed by atoms with van der Waals surface area (Å²) in [5.41, 5.74) is -0.982. The monoisotopic (exact) mass is 265 g/mol. The first-order valence-corrected chi connectivity index (χ1v) is 7.68. The number of hydrogen-bond donors (Lipinski definition) is 2. The van der Waals surface area contributed by atoms with Crippen LogP contribution < -0.4 is 5.32 Å². The first kappa shape index (κ1) is 12.9. The minimum atomic E-state index is -0.982. The molecule has 0 saturated heterocycles. The highest BCUT2D eigenvalue weighted by molar-refractivity contribution is 5.89. The molecule has 1 amide bonds. The van der Waals surface area contributed by atoms with Gasteiger partial charge in [-0.2, -0.15) is 0 Å². The molecule has 4 nitrogen and oxygen atoms in total. The van der Waals surface area contributed by atoms with Gasteiger partial charge in [0.2, 0.25) is 5.91 Å². The highest BCUT2D eigenvalue weighted by Crippen LogP contribution is 2.54. The van der Waals surface area contributed by atoms with Gasteiger partial charge in [0.25, 0.3) is 0 Å². The molecule has 0 radical (unpaired) electrons. The highest BCUT2D eigenvalue weighted by atomic mass is 16.4. The lowest BCUT2D eigenvalue weighted by Crippen LogP contribution is -2.54. The molecule has 3 saturated carbocycles. The quantitative estimate of drug-likeness (QED) is 0.767. The van der Waals surface area contributed by atoms with Crippen LogP contribution in [0.1, 0.15) is 57.8 Å². The summed E-state index contributed by atoms with van der Waals surface area (Å²) in [6.07, 6.45) is 8.66. The number of carbonyl (C=O) groups is 2. The van der Waals surface area contributed by atoms with E-state index in [1.807, 2.05) is 0 Å². The van der Waals surface area contributed by atoms with Gasteiger partial charge in [0, 0.05) is 5.92 Å².